The molecule has 11 N–H and O–H groups in total. The molecule has 0 unspecified atom stereocenters. The van der Waals surface area contributed by atoms with E-state index in [0.29, 0.717) is 16.9 Å². The summed E-state index contributed by atoms with van der Waals surface area (Å²) in [5.74, 6) is -11.2. The Morgan fingerprint density at radius 1 is 0.449 bits per heavy atom. The topological polar surface area (TPSA) is 409 Å². The summed E-state index contributed by atoms with van der Waals surface area (Å²) in [7, 11) is 0. The van der Waals surface area contributed by atoms with Crippen LogP contribution in [0.15, 0.2) is 54.6 Å². The number of nitrogens with one attached hydrogen (secondary N) is 9. The Morgan fingerprint density at radius 2 is 0.918 bits per heavy atom. The van der Waals surface area contributed by atoms with E-state index in [-0.39, 0.29) is 19.3 Å². The van der Waals surface area contributed by atoms with Crippen LogP contribution in [0, 0.1) is 0 Å². The number of hydrogen-bond acceptors (Lipinski definition) is 18. The highest BCUT2D eigenvalue weighted by molar-refractivity contribution is 5.99. The van der Waals surface area contributed by atoms with E-state index in [2.05, 4.69) is 47.9 Å². The fraction of sp³-hybridized carbons (Fsp3) is 0.652. The summed E-state index contributed by atoms with van der Waals surface area (Å²) in [5.41, 5.74) is -5.90. The summed E-state index contributed by atoms with van der Waals surface area (Å²) in [4.78, 5) is 165. The van der Waals surface area contributed by atoms with Gasteiger partial charge >= 0.3 is 24.0 Å². The predicted octanol–water partition coefficient (Wildman–Crippen LogP) is 4.37. The number of benzene rings is 2. The van der Waals surface area contributed by atoms with Crippen molar-refractivity contribution in [3.63, 3.8) is 0 Å². The molecule has 0 aromatic heterocycles. The second kappa shape index (κ2) is 36.4. The van der Waals surface area contributed by atoms with Crippen molar-refractivity contribution >= 4 is 71.3 Å². The second-order valence-electron chi connectivity index (χ2n) is 30.4. The van der Waals surface area contributed by atoms with Crippen LogP contribution in [0.3, 0.4) is 0 Å². The Hall–Kier alpha value is -8.44. The molecule has 0 bridgehead atoms. The lowest BCUT2D eigenvalue weighted by molar-refractivity contribution is -0.155. The number of carboxylic acid groups (broad SMARTS) is 2. The van der Waals surface area contributed by atoms with E-state index in [1.165, 1.54) is 27.7 Å². The number of hydrogen-bond donors (Lipinski definition) is 11. The van der Waals surface area contributed by atoms with Gasteiger partial charge in [-0.2, -0.15) is 0 Å². The molecule has 98 heavy (non-hydrogen) atoms. The van der Waals surface area contributed by atoms with Crippen LogP contribution in [-0.4, -0.2) is 188 Å². The smallest absolute Gasteiger partial charge is 0.408 e. The lowest BCUT2D eigenvalue weighted by Gasteiger charge is -2.34. The highest BCUT2D eigenvalue weighted by Crippen LogP contribution is 2.22. The standard InChI is InChI=1S/C69H109N9O20/c1-39(94-64(6,7)8)52(58(87)71-45(34-41-26-24-23-25-27-41)55(84)77-53(40(2)95-65(9,10)11)59(88)73-48(38-93-63(3,4)5)56(85)72-47(60(89)90)36-50(80)81)76-49(79)37-70-54(83)44(32-33-51(82)97-67(15,16)17)74-61(91)69(21,22)78-57(86)46(75-62(92)98-68(18,19)20)35-42-28-30-43(31-29-42)96-66(12,13)14/h23-31,39-40,44-48,52-53H,32-38H2,1-22H3,(H,70,83)(H,71,87)(H,72,85)(H,73,88)(H,74,91)(H,75,92)(H,76,79)(H,77,84)(H,78,86)(H,80,81)(H,89,90)/t39-,40-,44+,45+,46+,47+,48+,52+,53+/m1/s1. The summed E-state index contributed by atoms with van der Waals surface area (Å²) in [6, 6.07) is 3.92. The van der Waals surface area contributed by atoms with E-state index in [9.17, 15) is 67.7 Å². The van der Waals surface area contributed by atoms with Crippen molar-refractivity contribution < 1.29 is 96.2 Å². The van der Waals surface area contributed by atoms with Crippen LogP contribution in [0.25, 0.3) is 0 Å². The van der Waals surface area contributed by atoms with Gasteiger partial charge in [0.05, 0.1) is 48.6 Å². The maximum Gasteiger partial charge on any atom is 0.408 e. The van der Waals surface area contributed by atoms with Gasteiger partial charge in [0.15, 0.2) is 0 Å². The summed E-state index contributed by atoms with van der Waals surface area (Å²) in [6.45, 7) is 34.7. The van der Waals surface area contributed by atoms with E-state index in [4.69, 9.17) is 28.4 Å². The van der Waals surface area contributed by atoms with Gasteiger partial charge in [-0.3, -0.25) is 47.9 Å². The van der Waals surface area contributed by atoms with E-state index >= 15 is 0 Å². The van der Waals surface area contributed by atoms with E-state index in [1.54, 1.807) is 158 Å². The van der Waals surface area contributed by atoms with Crippen molar-refractivity contribution in [1.29, 1.82) is 0 Å². The molecule has 29 heteroatoms. The van der Waals surface area contributed by atoms with Crippen molar-refractivity contribution in [2.24, 2.45) is 0 Å². The van der Waals surface area contributed by atoms with Gasteiger partial charge in [-0.15, -0.1) is 0 Å². The number of alkyl carbamates (subject to hydrolysis) is 1. The Balaban J connectivity index is 2.61. The lowest BCUT2D eigenvalue weighted by atomic mass is 9.99. The molecule has 0 aliphatic heterocycles. The normalized spacial score (nSPS) is 15.0. The van der Waals surface area contributed by atoms with Gasteiger partial charge in [-0.1, -0.05) is 42.5 Å². The first kappa shape index (κ1) is 85.6. The van der Waals surface area contributed by atoms with Crippen molar-refractivity contribution in [2.45, 2.75) is 278 Å². The summed E-state index contributed by atoms with van der Waals surface area (Å²) >= 11 is 0. The first-order chi connectivity index (χ1) is 44.6. The fourth-order valence-corrected chi connectivity index (χ4v) is 9.21. The predicted molar refractivity (Wildman–Crippen MR) is 362 cm³/mol. The Bertz CT molecular complexity index is 3060. The summed E-state index contributed by atoms with van der Waals surface area (Å²) < 4.78 is 35.0. The van der Waals surface area contributed by atoms with E-state index in [1.807, 2.05) is 20.8 Å². The minimum absolute atomic E-state index is 0.0656. The third-order valence-corrected chi connectivity index (χ3v) is 13.3. The minimum Gasteiger partial charge on any atom is -0.488 e. The number of amides is 9. The quantitative estimate of drug-likeness (QED) is 0.0433. The second-order valence-corrected chi connectivity index (χ2v) is 30.4. The fourth-order valence-electron chi connectivity index (χ4n) is 9.21. The third kappa shape index (κ3) is 34.7. The molecule has 0 radical (unpaired) electrons. The minimum atomic E-state index is -1.91. The van der Waals surface area contributed by atoms with Crippen LogP contribution >= 0.6 is 0 Å². The molecule has 0 fully saturated rings. The molecule has 0 spiro atoms. The molecule has 29 nitrogen and oxygen atoms in total. The van der Waals surface area contributed by atoms with E-state index in [0.717, 1.165) is 0 Å². The van der Waals surface area contributed by atoms with Gasteiger partial charge in [0.25, 0.3) is 0 Å². The highest BCUT2D eigenvalue weighted by atomic mass is 16.6. The highest BCUT2D eigenvalue weighted by Gasteiger charge is 2.41. The molecular formula is C69H109N9O20. The molecule has 0 aliphatic rings. The van der Waals surface area contributed by atoms with Gasteiger partial charge in [0.1, 0.15) is 70.4 Å². The molecule has 2 rings (SSSR count). The first-order valence-corrected chi connectivity index (χ1v) is 32.5. The molecule has 2 aromatic rings. The molecular weight excluding hydrogens is 1270 g/mol. The van der Waals surface area contributed by atoms with Crippen LogP contribution in [0.1, 0.15) is 183 Å². The average molecular weight is 1380 g/mol. The van der Waals surface area contributed by atoms with Crippen molar-refractivity contribution in [1.82, 2.24) is 47.9 Å². The SMILES string of the molecule is C[C@@H](OC(C)(C)C)[C@H](NC(=O)CNC(=O)[C@H](CCC(=O)OC(C)(C)C)NC(=O)C(C)(C)NC(=O)[C@H](Cc1ccc(OC(C)(C)C)cc1)NC(=O)OC(C)(C)C)C(=O)N[C@@H](Cc1ccccc1)C(=O)N[C@H](C(=O)N[C@@H](COC(C)(C)C)C(=O)N[C@@H](CC(=O)O)C(=O)O)[C@@H](C)OC(C)(C)C. The van der Waals surface area contributed by atoms with E-state index < -0.39 is 191 Å². The molecule has 9 amide bonds. The van der Waals surface area contributed by atoms with Crippen LogP contribution in [0.5, 0.6) is 5.75 Å². The molecule has 0 heterocycles. The zero-order valence-electron chi connectivity index (χ0n) is 61.1. The monoisotopic (exact) mass is 1380 g/mol. The Labute approximate surface area is 575 Å². The molecule has 0 saturated heterocycles. The summed E-state index contributed by atoms with van der Waals surface area (Å²) in [5, 5.41) is 41.9. The number of carboxylic acids is 2. The van der Waals surface area contributed by atoms with Gasteiger partial charge < -0.3 is 86.5 Å². The van der Waals surface area contributed by atoms with Gasteiger partial charge in [0.2, 0.25) is 47.3 Å². The third-order valence-electron chi connectivity index (χ3n) is 13.3. The maximum absolute atomic E-state index is 14.9. The molecule has 2 aromatic carbocycles. The van der Waals surface area contributed by atoms with Crippen LogP contribution in [-0.2, 0) is 89.3 Å². The average Bonchev–Trinajstić information content (AvgIpc) is 0.842. The zero-order chi connectivity index (χ0) is 75.3. The molecule has 550 valence electrons. The maximum atomic E-state index is 14.9. The largest absolute Gasteiger partial charge is 0.488 e. The molecule has 9 atom stereocenters. The number of carbonyl (C=O) groups excluding carboxylic acids is 10. The number of rotatable bonds is 34. The van der Waals surface area contributed by atoms with Crippen LogP contribution < -0.4 is 52.6 Å². The van der Waals surface area contributed by atoms with Crippen molar-refractivity contribution in [3.8, 4) is 5.75 Å². The molecule has 0 saturated carbocycles. The van der Waals surface area contributed by atoms with Gasteiger partial charge in [-0.05, 0) is 182 Å². The van der Waals surface area contributed by atoms with Crippen molar-refractivity contribution in [3.05, 3.63) is 65.7 Å². The van der Waals surface area contributed by atoms with Crippen LogP contribution in [0.2, 0.25) is 0 Å². The number of esters is 1. The first-order valence-electron chi connectivity index (χ1n) is 32.5. The Kier molecular flexibility index (Phi) is 31.8. The Morgan fingerprint density at radius 3 is 1.39 bits per heavy atom. The van der Waals surface area contributed by atoms with Gasteiger partial charge in [0, 0.05) is 19.3 Å². The molecule has 0 aliphatic carbocycles. The number of aliphatic carboxylic acids is 2. The lowest BCUT2D eigenvalue weighted by Crippen LogP contribution is -2.63. The summed E-state index contributed by atoms with van der Waals surface area (Å²) in [6.07, 6.45) is -5.37. The van der Waals surface area contributed by atoms with Crippen molar-refractivity contribution in [2.75, 3.05) is 13.2 Å². The zero-order valence-corrected chi connectivity index (χ0v) is 61.1. The van der Waals surface area contributed by atoms with Gasteiger partial charge in [-0.25, -0.2) is 9.59 Å². The van der Waals surface area contributed by atoms with Crippen LogP contribution in [0.4, 0.5) is 4.79 Å². The number of carbonyl (C=O) groups is 12. The number of ether oxygens (including phenoxy) is 6.